The Kier molecular flexibility index (Phi) is 5.74. The fraction of sp³-hybridized carbons (Fsp3) is 0.435. The molecule has 2 aliphatic heterocycles. The van der Waals surface area contributed by atoms with Gasteiger partial charge < -0.3 is 19.7 Å². The van der Waals surface area contributed by atoms with Crippen molar-refractivity contribution in [1.82, 2.24) is 20.2 Å². The molecule has 4 heterocycles. The molecule has 0 spiro atoms. The largest absolute Gasteiger partial charge is 0.492 e. The minimum absolute atomic E-state index is 0.224. The van der Waals surface area contributed by atoms with E-state index in [0.29, 0.717) is 35.6 Å². The summed E-state index contributed by atoms with van der Waals surface area (Å²) in [5.74, 6) is 1.75. The molecule has 0 unspecified atom stereocenters. The van der Waals surface area contributed by atoms with Crippen LogP contribution in [-0.2, 0) is 4.79 Å². The lowest BCUT2D eigenvalue weighted by Crippen LogP contribution is -2.51. The van der Waals surface area contributed by atoms with Gasteiger partial charge in [0.2, 0.25) is 5.91 Å². The zero-order chi connectivity index (χ0) is 21.2. The highest BCUT2D eigenvalue weighted by Gasteiger charge is 2.41. The average molecular weight is 439 g/mol. The monoisotopic (exact) mass is 438 g/mol. The smallest absolute Gasteiger partial charge is 0.281 e. The second kappa shape index (κ2) is 8.80. The second-order valence-electron chi connectivity index (χ2n) is 8.16. The number of hydrogen-bond donors (Lipinski definition) is 1. The topological polar surface area (TPSA) is 76.6 Å². The Hall–Kier alpha value is -2.71. The molecule has 162 valence electrons. The van der Waals surface area contributed by atoms with Gasteiger partial charge in [-0.05, 0) is 62.1 Å². The van der Waals surface area contributed by atoms with Crippen molar-refractivity contribution in [3.05, 3.63) is 42.6 Å². The van der Waals surface area contributed by atoms with Crippen molar-refractivity contribution in [2.45, 2.75) is 50.7 Å². The molecule has 2 bridgehead atoms. The zero-order valence-corrected chi connectivity index (χ0v) is 18.3. The van der Waals surface area contributed by atoms with Gasteiger partial charge in [0, 0.05) is 37.8 Å². The summed E-state index contributed by atoms with van der Waals surface area (Å²) in [5, 5.41) is 4.19. The van der Waals surface area contributed by atoms with Gasteiger partial charge >= 0.3 is 0 Å². The third-order valence-corrected chi connectivity index (χ3v) is 6.96. The molecule has 3 atom stereocenters. The van der Waals surface area contributed by atoms with Crippen molar-refractivity contribution in [2.75, 3.05) is 13.2 Å². The number of carbonyl (C=O) groups is 1. The maximum atomic E-state index is 11.8. The molecule has 2 aliphatic rings. The first-order chi connectivity index (χ1) is 15.2. The fourth-order valence-electron chi connectivity index (χ4n) is 4.79. The van der Waals surface area contributed by atoms with Gasteiger partial charge in [-0.1, -0.05) is 11.3 Å². The molecule has 1 amide bonds. The van der Waals surface area contributed by atoms with Crippen LogP contribution in [-0.4, -0.2) is 52.1 Å². The molecule has 0 aliphatic carbocycles. The van der Waals surface area contributed by atoms with Gasteiger partial charge in [0.15, 0.2) is 5.65 Å². The minimum atomic E-state index is 0.224. The van der Waals surface area contributed by atoms with E-state index < -0.39 is 0 Å². The van der Waals surface area contributed by atoms with Crippen molar-refractivity contribution >= 4 is 27.6 Å². The lowest BCUT2D eigenvalue weighted by molar-refractivity contribution is -0.133. The Balaban J connectivity index is 1.07. The first-order valence-corrected chi connectivity index (χ1v) is 11.6. The molecule has 2 saturated heterocycles. The molecule has 0 saturated carbocycles. The van der Waals surface area contributed by atoms with Gasteiger partial charge in [0.25, 0.3) is 5.19 Å². The number of rotatable bonds is 7. The molecule has 1 N–H and O–H groups in total. The van der Waals surface area contributed by atoms with Crippen LogP contribution in [0.3, 0.4) is 0 Å². The number of piperidine rings is 1. The number of benzene rings is 1. The second-order valence-corrected chi connectivity index (χ2v) is 9.15. The van der Waals surface area contributed by atoms with Gasteiger partial charge in [0.1, 0.15) is 18.1 Å². The van der Waals surface area contributed by atoms with Crippen molar-refractivity contribution < 1.29 is 14.3 Å². The average Bonchev–Trinajstić information content (AvgIpc) is 3.30. The molecule has 2 aromatic heterocycles. The summed E-state index contributed by atoms with van der Waals surface area (Å²) in [7, 11) is 0. The normalized spacial score (nSPS) is 22.6. The molecule has 5 rings (SSSR count). The van der Waals surface area contributed by atoms with E-state index >= 15 is 0 Å². The predicted octanol–water partition coefficient (Wildman–Crippen LogP) is 3.99. The van der Waals surface area contributed by atoms with Crippen LogP contribution in [0.2, 0.25) is 0 Å². The van der Waals surface area contributed by atoms with Crippen LogP contribution < -0.4 is 14.8 Å². The van der Waals surface area contributed by atoms with Gasteiger partial charge in [0.05, 0.1) is 4.70 Å². The number of pyridine rings is 1. The number of hydrogen-bond acceptors (Lipinski definition) is 7. The summed E-state index contributed by atoms with van der Waals surface area (Å²) in [6, 6.07) is 12.8. The summed E-state index contributed by atoms with van der Waals surface area (Å²) in [6.45, 7) is 3.09. The number of ether oxygens (including phenoxy) is 2. The molecule has 8 heteroatoms. The highest BCUT2D eigenvalue weighted by atomic mass is 32.1. The van der Waals surface area contributed by atoms with E-state index in [2.05, 4.69) is 20.2 Å². The van der Waals surface area contributed by atoms with E-state index in [9.17, 15) is 4.79 Å². The van der Waals surface area contributed by atoms with Crippen molar-refractivity contribution in [1.29, 1.82) is 0 Å². The number of nitrogens with one attached hydrogen (secondary N) is 1. The van der Waals surface area contributed by atoms with E-state index in [0.717, 1.165) is 48.4 Å². The third kappa shape index (κ3) is 4.50. The standard InChI is InChI=1S/C23H26N4O3S/c1-15(28)27-17-4-5-18(27)14-16(13-17)24-11-12-29-19-6-8-20(9-7-19)30-23-26-22-21(31-23)3-2-10-25-22/h2-3,6-10,16-18,24H,4-5,11-14H2,1H3/t16-,17-,18+. The lowest BCUT2D eigenvalue weighted by Gasteiger charge is -2.38. The van der Waals surface area contributed by atoms with Crippen LogP contribution in [0.15, 0.2) is 42.6 Å². The summed E-state index contributed by atoms with van der Waals surface area (Å²) in [4.78, 5) is 22.5. The number of carbonyl (C=O) groups excluding carboxylic acids is 1. The van der Waals surface area contributed by atoms with Crippen LogP contribution in [0.5, 0.6) is 16.7 Å². The molecule has 31 heavy (non-hydrogen) atoms. The third-order valence-electron chi connectivity index (χ3n) is 6.07. The van der Waals surface area contributed by atoms with Crippen LogP contribution in [0.4, 0.5) is 0 Å². The maximum Gasteiger partial charge on any atom is 0.281 e. The van der Waals surface area contributed by atoms with Crippen molar-refractivity contribution in [2.24, 2.45) is 0 Å². The Bertz CT molecular complexity index is 1010. The van der Waals surface area contributed by atoms with E-state index in [1.165, 1.54) is 11.3 Å². The number of nitrogens with zero attached hydrogens (tertiary/aromatic N) is 3. The number of fused-ring (bicyclic) bond motifs is 3. The molecule has 1 aromatic carbocycles. The van der Waals surface area contributed by atoms with Crippen LogP contribution in [0.1, 0.15) is 32.6 Å². The first-order valence-electron chi connectivity index (χ1n) is 10.8. The van der Waals surface area contributed by atoms with Gasteiger partial charge in [-0.3, -0.25) is 4.79 Å². The summed E-state index contributed by atoms with van der Waals surface area (Å²) < 4.78 is 12.7. The van der Waals surface area contributed by atoms with Crippen LogP contribution in [0.25, 0.3) is 10.3 Å². The molecular weight excluding hydrogens is 412 g/mol. The zero-order valence-electron chi connectivity index (χ0n) is 17.5. The Labute approximate surface area is 185 Å². The molecular formula is C23H26N4O3S. The van der Waals surface area contributed by atoms with Crippen LogP contribution >= 0.6 is 11.3 Å². The molecule has 3 aromatic rings. The quantitative estimate of drug-likeness (QED) is 0.562. The number of thiazole rings is 1. The molecule has 0 radical (unpaired) electrons. The Morgan fingerprint density at radius 1 is 1.16 bits per heavy atom. The van der Waals surface area contributed by atoms with Gasteiger partial charge in [-0.15, -0.1) is 0 Å². The lowest BCUT2D eigenvalue weighted by atomic mass is 9.97. The summed E-state index contributed by atoms with van der Waals surface area (Å²) in [6.07, 6.45) is 6.10. The highest BCUT2D eigenvalue weighted by Crippen LogP contribution is 2.35. The SMILES string of the molecule is CC(=O)N1[C@@H]2CC[C@H]1C[C@H](NCCOc1ccc(Oc3nc4ncccc4s3)cc1)C2. The fourth-order valence-corrected chi connectivity index (χ4v) is 5.58. The van der Waals surface area contributed by atoms with Crippen LogP contribution in [0, 0.1) is 0 Å². The van der Waals surface area contributed by atoms with Gasteiger partial charge in [-0.2, -0.15) is 4.98 Å². The van der Waals surface area contributed by atoms with Gasteiger partial charge in [-0.25, -0.2) is 4.98 Å². The number of aromatic nitrogens is 2. The Morgan fingerprint density at radius 3 is 2.61 bits per heavy atom. The predicted molar refractivity (Wildman–Crippen MR) is 120 cm³/mol. The summed E-state index contributed by atoms with van der Waals surface area (Å²) in [5.41, 5.74) is 0.704. The number of amides is 1. The van der Waals surface area contributed by atoms with E-state index in [1.807, 2.05) is 36.4 Å². The van der Waals surface area contributed by atoms with Crippen molar-refractivity contribution in [3.8, 4) is 16.7 Å². The van der Waals surface area contributed by atoms with E-state index in [1.54, 1.807) is 13.1 Å². The van der Waals surface area contributed by atoms with Crippen molar-refractivity contribution in [3.63, 3.8) is 0 Å². The molecule has 7 nitrogen and oxygen atoms in total. The van der Waals surface area contributed by atoms with E-state index in [4.69, 9.17) is 9.47 Å². The maximum absolute atomic E-state index is 11.8. The highest BCUT2D eigenvalue weighted by molar-refractivity contribution is 7.20. The molecule has 2 fully saturated rings. The Morgan fingerprint density at radius 2 is 1.90 bits per heavy atom. The van der Waals surface area contributed by atoms with E-state index in [-0.39, 0.29) is 5.91 Å². The first kappa shape index (κ1) is 20.2. The minimum Gasteiger partial charge on any atom is -0.492 e. The summed E-state index contributed by atoms with van der Waals surface area (Å²) >= 11 is 1.48.